The van der Waals surface area contributed by atoms with Crippen molar-refractivity contribution in [3.8, 4) is 17.2 Å². The number of aromatic nitrogens is 2. The fourth-order valence-corrected chi connectivity index (χ4v) is 4.10. The van der Waals surface area contributed by atoms with Crippen molar-refractivity contribution in [2.45, 2.75) is 38.5 Å². The zero-order valence-electron chi connectivity index (χ0n) is 19.0. The molecule has 1 fully saturated rings. The molecule has 4 rings (SSSR count). The summed E-state index contributed by atoms with van der Waals surface area (Å²) in [5, 5.41) is 0.284. The third-order valence-electron chi connectivity index (χ3n) is 5.72. The number of fused-ring (bicyclic) bond motifs is 1. The van der Waals surface area contributed by atoms with Crippen LogP contribution in [0.3, 0.4) is 0 Å². The summed E-state index contributed by atoms with van der Waals surface area (Å²) in [6, 6.07) is 4.34. The number of nitrogens with zero attached hydrogens (tertiary/aromatic N) is 3. The van der Waals surface area contributed by atoms with Crippen molar-refractivity contribution in [1.82, 2.24) is 14.9 Å². The van der Waals surface area contributed by atoms with Crippen molar-refractivity contribution in [2.24, 2.45) is 5.73 Å². The first kappa shape index (κ1) is 24.5. The number of esters is 1. The van der Waals surface area contributed by atoms with Crippen LogP contribution in [0.4, 0.5) is 13.2 Å². The van der Waals surface area contributed by atoms with Crippen LogP contribution in [0.5, 0.6) is 5.75 Å². The van der Waals surface area contributed by atoms with Crippen molar-refractivity contribution in [3.05, 3.63) is 41.4 Å². The van der Waals surface area contributed by atoms with Gasteiger partial charge in [-0.3, -0.25) is 4.79 Å². The molecule has 2 aromatic heterocycles. The van der Waals surface area contributed by atoms with Crippen LogP contribution < -0.4 is 10.5 Å². The summed E-state index contributed by atoms with van der Waals surface area (Å²) in [4.78, 5) is 35.0. The van der Waals surface area contributed by atoms with E-state index in [1.54, 1.807) is 13.0 Å². The maximum atomic E-state index is 13.3. The number of benzene rings is 1. The lowest BCUT2D eigenvalue weighted by molar-refractivity contribution is -0.147. The number of carbonyl (C=O) groups excluding carboxylic acids is 2. The van der Waals surface area contributed by atoms with Crippen LogP contribution in [0.1, 0.15) is 41.7 Å². The van der Waals surface area contributed by atoms with Gasteiger partial charge in [-0.1, -0.05) is 0 Å². The van der Waals surface area contributed by atoms with Crippen molar-refractivity contribution in [1.29, 1.82) is 0 Å². The van der Waals surface area contributed by atoms with Gasteiger partial charge in [0.1, 0.15) is 23.0 Å². The lowest BCUT2D eigenvalue weighted by Gasteiger charge is -2.22. The number of amides is 1. The molecule has 1 aliphatic rings. The van der Waals surface area contributed by atoms with Crippen molar-refractivity contribution in [2.75, 3.05) is 20.3 Å². The monoisotopic (exact) mass is 492 g/mol. The predicted molar refractivity (Wildman–Crippen MR) is 117 cm³/mol. The average molecular weight is 492 g/mol. The molecule has 3 aromatic rings. The summed E-state index contributed by atoms with van der Waals surface area (Å²) >= 11 is 0. The molecule has 12 heteroatoms. The molecule has 1 aromatic carbocycles. The van der Waals surface area contributed by atoms with E-state index in [1.165, 1.54) is 24.1 Å². The van der Waals surface area contributed by atoms with Crippen LogP contribution in [-0.4, -0.2) is 53.0 Å². The first-order valence-electron chi connectivity index (χ1n) is 10.9. The van der Waals surface area contributed by atoms with E-state index >= 15 is 0 Å². The Labute approximate surface area is 198 Å². The van der Waals surface area contributed by atoms with Gasteiger partial charge >= 0.3 is 12.1 Å². The molecule has 35 heavy (non-hydrogen) atoms. The zero-order valence-corrected chi connectivity index (χ0v) is 19.0. The Morgan fingerprint density at radius 3 is 2.66 bits per heavy atom. The number of hydrogen-bond acceptors (Lipinski definition) is 8. The average Bonchev–Trinajstić information content (AvgIpc) is 3.49. The summed E-state index contributed by atoms with van der Waals surface area (Å²) in [7, 11) is 1.32. The molecule has 0 bridgehead atoms. The third-order valence-corrected chi connectivity index (χ3v) is 5.72. The van der Waals surface area contributed by atoms with E-state index in [2.05, 4.69) is 9.97 Å². The summed E-state index contributed by atoms with van der Waals surface area (Å²) < 4.78 is 55.7. The summed E-state index contributed by atoms with van der Waals surface area (Å²) in [6.07, 6.45) is -3.56. The van der Waals surface area contributed by atoms with Gasteiger partial charge in [-0.25, -0.2) is 14.8 Å². The van der Waals surface area contributed by atoms with Gasteiger partial charge < -0.3 is 24.5 Å². The maximum absolute atomic E-state index is 13.3. The highest BCUT2D eigenvalue weighted by atomic mass is 19.4. The summed E-state index contributed by atoms with van der Waals surface area (Å²) in [5.41, 5.74) is 4.91. The van der Waals surface area contributed by atoms with Crippen LogP contribution in [-0.2, 0) is 22.3 Å². The van der Waals surface area contributed by atoms with Crippen molar-refractivity contribution >= 4 is 22.8 Å². The highest BCUT2D eigenvalue weighted by Crippen LogP contribution is 2.37. The number of oxazole rings is 1. The molecule has 1 saturated heterocycles. The van der Waals surface area contributed by atoms with Gasteiger partial charge in [-0.05, 0) is 44.0 Å². The van der Waals surface area contributed by atoms with Crippen molar-refractivity contribution in [3.63, 3.8) is 0 Å². The number of ether oxygens (including phenoxy) is 2. The van der Waals surface area contributed by atoms with Crippen molar-refractivity contribution < 1.29 is 36.7 Å². The predicted octanol–water partition coefficient (Wildman–Crippen LogP) is 3.54. The maximum Gasteiger partial charge on any atom is 0.433 e. The molecular weight excluding hydrogens is 469 g/mol. The second-order valence-electron chi connectivity index (χ2n) is 7.81. The minimum absolute atomic E-state index is 0.0186. The lowest BCUT2D eigenvalue weighted by atomic mass is 10.1. The van der Waals surface area contributed by atoms with Gasteiger partial charge in [0.2, 0.25) is 5.89 Å². The highest BCUT2D eigenvalue weighted by molar-refractivity contribution is 5.99. The second kappa shape index (κ2) is 9.53. The molecule has 1 amide bonds. The van der Waals surface area contributed by atoms with Gasteiger partial charge in [0.25, 0.3) is 5.91 Å². The first-order chi connectivity index (χ1) is 16.7. The van der Waals surface area contributed by atoms with E-state index in [9.17, 15) is 22.8 Å². The van der Waals surface area contributed by atoms with Gasteiger partial charge in [0.15, 0.2) is 11.5 Å². The van der Waals surface area contributed by atoms with E-state index in [4.69, 9.17) is 19.6 Å². The standard InChI is InChI=1S/C23H23F3N4O5/c1-3-34-22(32)14-5-4-10-30(14)21(31)19-16(11-27)35-20(29-19)13-6-8-15(33-2)18-12(13)7-9-17(28-18)23(24,25)26/h6-9,14H,3-5,10-11,27H2,1-2H3/t14-/m0/s1. The van der Waals surface area contributed by atoms with Gasteiger partial charge in [0.05, 0.1) is 20.3 Å². The number of halogens is 3. The Morgan fingerprint density at radius 1 is 1.23 bits per heavy atom. The van der Waals surface area contributed by atoms with Gasteiger partial charge in [-0.15, -0.1) is 0 Å². The molecule has 1 atom stereocenters. The van der Waals surface area contributed by atoms with Crippen LogP contribution in [0.15, 0.2) is 28.7 Å². The van der Waals surface area contributed by atoms with Crippen LogP contribution in [0.2, 0.25) is 0 Å². The number of alkyl halides is 3. The Morgan fingerprint density at radius 2 is 2.00 bits per heavy atom. The minimum Gasteiger partial charge on any atom is -0.494 e. The number of nitrogens with two attached hydrogens (primary N) is 1. The Bertz CT molecular complexity index is 1270. The number of likely N-dealkylation sites (tertiary alicyclic amines) is 1. The molecular formula is C23H23F3N4O5. The molecule has 2 N–H and O–H groups in total. The quantitative estimate of drug-likeness (QED) is 0.519. The first-order valence-corrected chi connectivity index (χ1v) is 10.9. The molecule has 186 valence electrons. The topological polar surface area (TPSA) is 121 Å². The molecule has 1 aliphatic heterocycles. The minimum atomic E-state index is -4.64. The SMILES string of the molecule is CCOC(=O)[C@@H]1CCCN1C(=O)c1nc(-c2ccc(OC)c3nc(C(F)(F)F)ccc23)oc1CN. The Kier molecular flexibility index (Phi) is 6.66. The third kappa shape index (κ3) is 4.53. The van der Waals surface area contributed by atoms with E-state index in [0.717, 1.165) is 6.07 Å². The number of hydrogen-bond donors (Lipinski definition) is 1. The van der Waals surface area contributed by atoms with E-state index in [1.807, 2.05) is 0 Å². The normalized spacial score (nSPS) is 16.1. The molecule has 0 saturated carbocycles. The number of methoxy groups -OCH3 is 1. The molecule has 3 heterocycles. The van der Waals surface area contributed by atoms with E-state index in [-0.39, 0.29) is 47.1 Å². The smallest absolute Gasteiger partial charge is 0.433 e. The number of pyridine rings is 1. The number of rotatable bonds is 6. The fourth-order valence-electron chi connectivity index (χ4n) is 4.10. The van der Waals surface area contributed by atoms with Gasteiger partial charge in [0, 0.05) is 17.5 Å². The zero-order chi connectivity index (χ0) is 25.3. The lowest BCUT2D eigenvalue weighted by Crippen LogP contribution is -2.42. The van der Waals surface area contributed by atoms with Crippen LogP contribution in [0, 0.1) is 0 Å². The van der Waals surface area contributed by atoms with Crippen LogP contribution in [0.25, 0.3) is 22.4 Å². The molecule has 9 nitrogen and oxygen atoms in total. The summed E-state index contributed by atoms with van der Waals surface area (Å²) in [6.45, 7) is 2.05. The van der Waals surface area contributed by atoms with E-state index in [0.29, 0.717) is 24.9 Å². The highest BCUT2D eigenvalue weighted by Gasteiger charge is 2.38. The fraction of sp³-hybridized carbons (Fsp3) is 0.391. The van der Waals surface area contributed by atoms with E-state index < -0.39 is 29.8 Å². The molecule has 0 radical (unpaired) electrons. The summed E-state index contributed by atoms with van der Waals surface area (Å²) in [5.74, 6) is -0.834. The molecule has 0 aliphatic carbocycles. The van der Waals surface area contributed by atoms with Crippen LogP contribution >= 0.6 is 0 Å². The Balaban J connectivity index is 1.77. The van der Waals surface area contributed by atoms with Gasteiger partial charge in [-0.2, -0.15) is 13.2 Å². The number of carbonyl (C=O) groups is 2. The Hall–Kier alpha value is -3.67. The largest absolute Gasteiger partial charge is 0.494 e. The molecule has 0 spiro atoms. The molecule has 0 unspecified atom stereocenters. The second-order valence-corrected chi connectivity index (χ2v) is 7.81.